The Labute approximate surface area is 114 Å². The summed E-state index contributed by atoms with van der Waals surface area (Å²) in [5.74, 6) is 1.66. The maximum atomic E-state index is 5.86. The first-order chi connectivity index (χ1) is 9.31. The molecule has 0 spiro atoms. The van der Waals surface area contributed by atoms with Crippen LogP contribution in [0.1, 0.15) is 12.8 Å². The molecule has 1 atom stereocenters. The van der Waals surface area contributed by atoms with Gasteiger partial charge in [-0.15, -0.1) is 0 Å². The van der Waals surface area contributed by atoms with Gasteiger partial charge in [0, 0.05) is 38.6 Å². The van der Waals surface area contributed by atoms with Gasteiger partial charge in [0.15, 0.2) is 0 Å². The zero-order valence-corrected chi connectivity index (χ0v) is 11.5. The summed E-state index contributed by atoms with van der Waals surface area (Å²) in [7, 11) is 2.15. The Morgan fingerprint density at radius 2 is 2.11 bits per heavy atom. The maximum absolute atomic E-state index is 5.86. The predicted octanol–water partition coefficient (Wildman–Crippen LogP) is 1.02. The molecule has 104 valence electrons. The molecule has 19 heavy (non-hydrogen) atoms. The minimum atomic E-state index is 0.265. The number of anilines is 1. The molecule has 0 amide bonds. The van der Waals surface area contributed by atoms with E-state index in [1.807, 2.05) is 18.5 Å². The van der Waals surface area contributed by atoms with Crippen molar-refractivity contribution >= 4 is 5.95 Å². The van der Waals surface area contributed by atoms with Crippen LogP contribution in [0.4, 0.5) is 5.95 Å². The van der Waals surface area contributed by atoms with E-state index in [2.05, 4.69) is 26.8 Å². The molecule has 0 N–H and O–H groups in total. The van der Waals surface area contributed by atoms with Gasteiger partial charge in [-0.2, -0.15) is 0 Å². The van der Waals surface area contributed by atoms with E-state index in [1.165, 1.54) is 12.8 Å². The highest BCUT2D eigenvalue weighted by Gasteiger charge is 2.28. The maximum Gasteiger partial charge on any atom is 0.225 e. The molecule has 2 heterocycles. The molecular formula is C14H22N4O. The molecule has 1 aliphatic carbocycles. The minimum absolute atomic E-state index is 0.265. The number of hydrogen-bond donors (Lipinski definition) is 0. The quantitative estimate of drug-likeness (QED) is 0.792. The predicted molar refractivity (Wildman–Crippen MR) is 74.2 cm³/mol. The molecule has 1 saturated carbocycles. The van der Waals surface area contributed by atoms with E-state index in [0.717, 1.165) is 44.7 Å². The van der Waals surface area contributed by atoms with E-state index in [9.17, 15) is 0 Å². The van der Waals surface area contributed by atoms with Crippen LogP contribution in [0.25, 0.3) is 0 Å². The molecule has 0 radical (unpaired) electrons. The number of hydrogen-bond acceptors (Lipinski definition) is 5. The second-order valence-corrected chi connectivity index (χ2v) is 5.65. The Morgan fingerprint density at radius 3 is 2.79 bits per heavy atom. The summed E-state index contributed by atoms with van der Waals surface area (Å²) in [6.07, 6.45) is 6.58. The van der Waals surface area contributed by atoms with E-state index < -0.39 is 0 Å². The van der Waals surface area contributed by atoms with Crippen molar-refractivity contribution in [3.8, 4) is 0 Å². The fourth-order valence-electron chi connectivity index (χ4n) is 2.53. The monoisotopic (exact) mass is 262 g/mol. The van der Waals surface area contributed by atoms with Crippen LogP contribution in [-0.2, 0) is 4.74 Å². The largest absolute Gasteiger partial charge is 0.374 e. The van der Waals surface area contributed by atoms with Crippen molar-refractivity contribution in [3.63, 3.8) is 0 Å². The van der Waals surface area contributed by atoms with Crippen molar-refractivity contribution in [3.05, 3.63) is 18.5 Å². The SMILES string of the molecule is CN1CCO[C@@H](CN(CC2CC2)c2ncccn2)C1. The van der Waals surface area contributed by atoms with Gasteiger partial charge in [-0.1, -0.05) is 0 Å². The molecule has 5 nitrogen and oxygen atoms in total. The molecule has 3 rings (SSSR count). The summed E-state index contributed by atoms with van der Waals surface area (Å²) in [5, 5.41) is 0. The zero-order valence-electron chi connectivity index (χ0n) is 11.5. The van der Waals surface area contributed by atoms with Gasteiger partial charge in [0.2, 0.25) is 5.95 Å². The number of rotatable bonds is 5. The Kier molecular flexibility index (Phi) is 3.94. The molecular weight excluding hydrogens is 240 g/mol. The third-order valence-corrected chi connectivity index (χ3v) is 3.78. The van der Waals surface area contributed by atoms with Gasteiger partial charge in [-0.3, -0.25) is 0 Å². The van der Waals surface area contributed by atoms with Gasteiger partial charge < -0.3 is 14.5 Å². The lowest BCUT2D eigenvalue weighted by molar-refractivity contribution is -0.0149. The lowest BCUT2D eigenvalue weighted by Gasteiger charge is -2.34. The van der Waals surface area contributed by atoms with Crippen molar-refractivity contribution in [2.45, 2.75) is 18.9 Å². The normalized spacial score (nSPS) is 24.4. The summed E-state index contributed by atoms with van der Waals surface area (Å²) in [6.45, 7) is 4.81. The Bertz CT molecular complexity index is 396. The summed E-state index contributed by atoms with van der Waals surface area (Å²) in [6, 6.07) is 1.86. The Hall–Kier alpha value is -1.20. The van der Waals surface area contributed by atoms with Crippen LogP contribution in [0.3, 0.4) is 0 Å². The number of likely N-dealkylation sites (N-methyl/N-ethyl adjacent to an activating group) is 1. The van der Waals surface area contributed by atoms with Crippen LogP contribution in [0.2, 0.25) is 0 Å². The third-order valence-electron chi connectivity index (χ3n) is 3.78. The highest BCUT2D eigenvalue weighted by atomic mass is 16.5. The van der Waals surface area contributed by atoms with Gasteiger partial charge in [0.25, 0.3) is 0 Å². The number of aromatic nitrogens is 2. The molecule has 2 fully saturated rings. The van der Waals surface area contributed by atoms with E-state index in [0.29, 0.717) is 0 Å². The lowest BCUT2D eigenvalue weighted by atomic mass is 10.2. The Balaban J connectivity index is 1.64. The van der Waals surface area contributed by atoms with Gasteiger partial charge in [-0.05, 0) is 31.9 Å². The van der Waals surface area contributed by atoms with Gasteiger partial charge in [0.1, 0.15) is 0 Å². The summed E-state index contributed by atoms with van der Waals surface area (Å²) in [5.41, 5.74) is 0. The van der Waals surface area contributed by atoms with Gasteiger partial charge in [0.05, 0.1) is 12.7 Å². The van der Waals surface area contributed by atoms with Crippen LogP contribution >= 0.6 is 0 Å². The number of nitrogens with zero attached hydrogens (tertiary/aromatic N) is 4. The molecule has 2 aliphatic rings. The fraction of sp³-hybridized carbons (Fsp3) is 0.714. The second kappa shape index (κ2) is 5.84. The number of ether oxygens (including phenoxy) is 1. The summed E-state index contributed by atoms with van der Waals surface area (Å²) in [4.78, 5) is 13.4. The molecule has 1 aliphatic heterocycles. The smallest absolute Gasteiger partial charge is 0.225 e. The fourth-order valence-corrected chi connectivity index (χ4v) is 2.53. The standard InChI is InChI=1S/C14H22N4O/c1-17-7-8-19-13(10-17)11-18(9-12-3-4-12)14-15-5-2-6-16-14/h2,5-6,12-13H,3-4,7-11H2,1H3/t13-/m1/s1. The minimum Gasteiger partial charge on any atom is -0.374 e. The van der Waals surface area contributed by atoms with E-state index in [-0.39, 0.29) is 6.10 Å². The molecule has 1 saturated heterocycles. The molecule has 1 aromatic heterocycles. The summed E-state index contributed by atoms with van der Waals surface area (Å²) < 4.78 is 5.86. The van der Waals surface area contributed by atoms with Crippen LogP contribution < -0.4 is 4.90 Å². The molecule has 1 aromatic rings. The van der Waals surface area contributed by atoms with Crippen LogP contribution in [0, 0.1) is 5.92 Å². The van der Waals surface area contributed by atoms with Crippen molar-refractivity contribution < 1.29 is 4.74 Å². The highest BCUT2D eigenvalue weighted by Crippen LogP contribution is 2.30. The average Bonchev–Trinajstić information content (AvgIpc) is 3.23. The van der Waals surface area contributed by atoms with Crippen LogP contribution in [0.15, 0.2) is 18.5 Å². The van der Waals surface area contributed by atoms with E-state index in [4.69, 9.17) is 4.74 Å². The first-order valence-electron chi connectivity index (χ1n) is 7.13. The highest BCUT2D eigenvalue weighted by molar-refractivity contribution is 5.29. The second-order valence-electron chi connectivity index (χ2n) is 5.65. The molecule has 0 aromatic carbocycles. The van der Waals surface area contributed by atoms with E-state index >= 15 is 0 Å². The topological polar surface area (TPSA) is 41.5 Å². The third kappa shape index (κ3) is 3.64. The molecule has 5 heteroatoms. The lowest BCUT2D eigenvalue weighted by Crippen LogP contribution is -2.47. The Morgan fingerprint density at radius 1 is 1.32 bits per heavy atom. The average molecular weight is 262 g/mol. The summed E-state index contributed by atoms with van der Waals surface area (Å²) >= 11 is 0. The molecule has 0 bridgehead atoms. The van der Waals surface area contributed by atoms with Crippen molar-refractivity contribution in [2.24, 2.45) is 5.92 Å². The zero-order chi connectivity index (χ0) is 13.1. The van der Waals surface area contributed by atoms with E-state index in [1.54, 1.807) is 0 Å². The van der Waals surface area contributed by atoms with Crippen LogP contribution in [-0.4, -0.2) is 60.8 Å². The van der Waals surface area contributed by atoms with Crippen molar-refractivity contribution in [1.82, 2.24) is 14.9 Å². The first-order valence-corrected chi connectivity index (χ1v) is 7.13. The van der Waals surface area contributed by atoms with Gasteiger partial charge in [-0.25, -0.2) is 9.97 Å². The van der Waals surface area contributed by atoms with Crippen LogP contribution in [0.5, 0.6) is 0 Å². The van der Waals surface area contributed by atoms with Crippen molar-refractivity contribution in [1.29, 1.82) is 0 Å². The van der Waals surface area contributed by atoms with Gasteiger partial charge >= 0.3 is 0 Å². The first kappa shape index (κ1) is 12.8. The molecule has 0 unspecified atom stereocenters. The number of morpholine rings is 1. The van der Waals surface area contributed by atoms with Crippen molar-refractivity contribution in [2.75, 3.05) is 44.7 Å².